The van der Waals surface area contributed by atoms with Crippen LogP contribution in [0, 0.1) is 5.92 Å². The van der Waals surface area contributed by atoms with Crippen LogP contribution in [0.25, 0.3) is 0 Å². The summed E-state index contributed by atoms with van der Waals surface area (Å²) in [5, 5.41) is 3.21. The van der Waals surface area contributed by atoms with Gasteiger partial charge in [-0.15, -0.1) is 0 Å². The van der Waals surface area contributed by atoms with Crippen molar-refractivity contribution in [1.82, 2.24) is 9.97 Å². The molecular formula is C16H28N4. The summed E-state index contributed by atoms with van der Waals surface area (Å²) in [6.45, 7) is 6.78. The van der Waals surface area contributed by atoms with E-state index < -0.39 is 0 Å². The molecule has 20 heavy (non-hydrogen) atoms. The highest BCUT2D eigenvalue weighted by molar-refractivity contribution is 5.60. The minimum absolute atomic E-state index is 0.414. The Morgan fingerprint density at radius 3 is 2.65 bits per heavy atom. The Bertz CT molecular complexity index is 444. The second-order valence-electron chi connectivity index (χ2n) is 6.40. The number of nitrogens with zero attached hydrogens (tertiary/aromatic N) is 3. The number of nitrogens with one attached hydrogen (secondary N) is 1. The average molecular weight is 276 g/mol. The maximum atomic E-state index is 4.58. The van der Waals surface area contributed by atoms with E-state index in [1.165, 1.54) is 31.2 Å². The van der Waals surface area contributed by atoms with Gasteiger partial charge >= 0.3 is 0 Å². The van der Waals surface area contributed by atoms with Crippen LogP contribution < -0.4 is 10.2 Å². The molecule has 2 unspecified atom stereocenters. The van der Waals surface area contributed by atoms with Crippen LogP contribution in [0.15, 0.2) is 6.33 Å². The van der Waals surface area contributed by atoms with E-state index in [9.17, 15) is 0 Å². The van der Waals surface area contributed by atoms with Crippen LogP contribution in [-0.2, 0) is 0 Å². The molecule has 0 saturated heterocycles. The largest absolute Gasteiger partial charge is 0.373 e. The van der Waals surface area contributed by atoms with Crippen molar-refractivity contribution in [3.05, 3.63) is 11.9 Å². The van der Waals surface area contributed by atoms with E-state index in [2.05, 4.69) is 48.0 Å². The first kappa shape index (κ1) is 15.1. The fourth-order valence-electron chi connectivity index (χ4n) is 3.32. The van der Waals surface area contributed by atoms with Crippen molar-refractivity contribution in [1.29, 1.82) is 0 Å². The van der Waals surface area contributed by atoms with Gasteiger partial charge in [-0.05, 0) is 24.7 Å². The van der Waals surface area contributed by atoms with Crippen LogP contribution in [0.5, 0.6) is 0 Å². The number of rotatable bonds is 4. The van der Waals surface area contributed by atoms with Gasteiger partial charge in [-0.1, -0.05) is 33.6 Å². The smallest absolute Gasteiger partial charge is 0.137 e. The zero-order valence-corrected chi connectivity index (χ0v) is 13.5. The minimum atomic E-state index is 0.414. The highest BCUT2D eigenvalue weighted by atomic mass is 15.2. The van der Waals surface area contributed by atoms with Crippen molar-refractivity contribution in [2.75, 3.05) is 24.3 Å². The summed E-state index contributed by atoms with van der Waals surface area (Å²) < 4.78 is 0. The fourth-order valence-corrected chi connectivity index (χ4v) is 3.32. The van der Waals surface area contributed by atoms with E-state index >= 15 is 0 Å². The first-order valence-electron chi connectivity index (χ1n) is 7.80. The van der Waals surface area contributed by atoms with Gasteiger partial charge < -0.3 is 10.2 Å². The molecule has 2 atom stereocenters. The summed E-state index contributed by atoms with van der Waals surface area (Å²) in [7, 11) is 4.12. The van der Waals surface area contributed by atoms with E-state index in [-0.39, 0.29) is 0 Å². The van der Waals surface area contributed by atoms with E-state index in [1.54, 1.807) is 6.33 Å². The van der Waals surface area contributed by atoms with Gasteiger partial charge in [0.1, 0.15) is 18.0 Å². The lowest BCUT2D eigenvalue weighted by Gasteiger charge is -2.36. The third-order valence-corrected chi connectivity index (χ3v) is 4.47. The Kier molecular flexibility index (Phi) is 4.84. The molecule has 1 N–H and O–H groups in total. The summed E-state index contributed by atoms with van der Waals surface area (Å²) in [4.78, 5) is 11.3. The first-order valence-corrected chi connectivity index (χ1v) is 7.80. The molecule has 1 aromatic heterocycles. The number of anilines is 2. The van der Waals surface area contributed by atoms with E-state index in [0.717, 1.165) is 17.6 Å². The van der Waals surface area contributed by atoms with Gasteiger partial charge in [0.05, 0.1) is 0 Å². The summed E-state index contributed by atoms with van der Waals surface area (Å²) in [5.74, 6) is 3.29. The molecule has 0 aliphatic heterocycles. The maximum absolute atomic E-state index is 4.58. The Balaban J connectivity index is 2.31. The third-order valence-electron chi connectivity index (χ3n) is 4.47. The Labute approximate surface area is 123 Å². The van der Waals surface area contributed by atoms with E-state index in [4.69, 9.17) is 0 Å². The summed E-state index contributed by atoms with van der Waals surface area (Å²) in [6, 6.07) is 0.607. The van der Waals surface area contributed by atoms with Crippen LogP contribution in [-0.4, -0.2) is 30.1 Å². The molecule has 0 spiro atoms. The molecule has 112 valence electrons. The van der Waals surface area contributed by atoms with Gasteiger partial charge in [0.2, 0.25) is 0 Å². The molecule has 1 heterocycles. The molecule has 0 bridgehead atoms. The van der Waals surface area contributed by atoms with Gasteiger partial charge in [-0.2, -0.15) is 0 Å². The summed E-state index contributed by atoms with van der Waals surface area (Å²) >= 11 is 0. The van der Waals surface area contributed by atoms with Gasteiger partial charge in [-0.25, -0.2) is 9.97 Å². The number of aromatic nitrogens is 2. The van der Waals surface area contributed by atoms with Crippen molar-refractivity contribution in [3.8, 4) is 0 Å². The van der Waals surface area contributed by atoms with Gasteiger partial charge in [-0.3, -0.25) is 0 Å². The molecule has 1 aromatic rings. The lowest BCUT2D eigenvalue weighted by Crippen LogP contribution is -2.37. The third kappa shape index (κ3) is 3.05. The Hall–Kier alpha value is -1.32. The maximum Gasteiger partial charge on any atom is 0.137 e. The molecule has 4 nitrogen and oxygen atoms in total. The lowest BCUT2D eigenvalue weighted by atomic mass is 9.86. The minimum Gasteiger partial charge on any atom is -0.373 e. The van der Waals surface area contributed by atoms with Gasteiger partial charge in [0.25, 0.3) is 0 Å². The highest BCUT2D eigenvalue weighted by Gasteiger charge is 2.26. The molecule has 2 rings (SSSR count). The van der Waals surface area contributed by atoms with Crippen LogP contribution in [0.3, 0.4) is 0 Å². The average Bonchev–Trinajstić information content (AvgIpc) is 2.45. The highest BCUT2D eigenvalue weighted by Crippen LogP contribution is 2.34. The molecule has 1 aliphatic carbocycles. The second-order valence-corrected chi connectivity index (χ2v) is 6.40. The Morgan fingerprint density at radius 2 is 2.05 bits per heavy atom. The second kappa shape index (κ2) is 6.42. The van der Waals surface area contributed by atoms with Crippen molar-refractivity contribution in [2.24, 2.45) is 5.92 Å². The van der Waals surface area contributed by atoms with Crippen LogP contribution in [0.1, 0.15) is 57.9 Å². The van der Waals surface area contributed by atoms with E-state index in [1.807, 2.05) is 7.05 Å². The molecule has 1 saturated carbocycles. The molecular weight excluding hydrogens is 248 g/mol. The zero-order valence-electron chi connectivity index (χ0n) is 13.5. The predicted octanol–water partition coefficient (Wildman–Crippen LogP) is 3.66. The van der Waals surface area contributed by atoms with Crippen LogP contribution in [0.2, 0.25) is 0 Å². The fraction of sp³-hybridized carbons (Fsp3) is 0.750. The summed E-state index contributed by atoms with van der Waals surface area (Å²) in [5.41, 5.74) is 1.23. The van der Waals surface area contributed by atoms with E-state index in [0.29, 0.717) is 12.0 Å². The topological polar surface area (TPSA) is 41.1 Å². The molecule has 0 amide bonds. The normalized spacial score (nSPS) is 22.9. The van der Waals surface area contributed by atoms with Gasteiger partial charge in [0.15, 0.2) is 0 Å². The molecule has 4 heteroatoms. The van der Waals surface area contributed by atoms with Crippen molar-refractivity contribution in [3.63, 3.8) is 0 Å². The molecule has 0 radical (unpaired) electrons. The van der Waals surface area contributed by atoms with Gasteiger partial charge in [0, 0.05) is 25.7 Å². The SMILES string of the molecule is CNc1ncnc(N(C)C2CCCC(C)C2)c1C(C)C. The van der Waals surface area contributed by atoms with Crippen molar-refractivity contribution >= 4 is 11.6 Å². The number of hydrogen-bond acceptors (Lipinski definition) is 4. The van der Waals surface area contributed by atoms with Crippen molar-refractivity contribution in [2.45, 2.75) is 58.4 Å². The quantitative estimate of drug-likeness (QED) is 0.911. The van der Waals surface area contributed by atoms with Crippen molar-refractivity contribution < 1.29 is 0 Å². The summed E-state index contributed by atoms with van der Waals surface area (Å²) in [6.07, 6.45) is 6.92. The Morgan fingerprint density at radius 1 is 1.30 bits per heavy atom. The monoisotopic (exact) mass is 276 g/mol. The number of hydrogen-bond donors (Lipinski definition) is 1. The predicted molar refractivity (Wildman–Crippen MR) is 85.5 cm³/mol. The zero-order chi connectivity index (χ0) is 14.7. The van der Waals surface area contributed by atoms with Crippen LogP contribution in [0.4, 0.5) is 11.6 Å². The molecule has 0 aromatic carbocycles. The molecule has 1 fully saturated rings. The standard InChI is InChI=1S/C16H28N4/c1-11(2)14-15(17-4)18-10-19-16(14)20(5)13-8-6-7-12(3)9-13/h10-13H,6-9H2,1-5H3,(H,17,18,19). The lowest BCUT2D eigenvalue weighted by molar-refractivity contribution is 0.335. The first-order chi connectivity index (χ1) is 9.54. The molecule has 1 aliphatic rings. The van der Waals surface area contributed by atoms with Crippen LogP contribution >= 0.6 is 0 Å².